The highest BCUT2D eigenvalue weighted by Gasteiger charge is 2.42. The Balaban J connectivity index is 2.54. The summed E-state index contributed by atoms with van der Waals surface area (Å²) in [5.41, 5.74) is 0. The third-order valence-corrected chi connectivity index (χ3v) is 4.69. The summed E-state index contributed by atoms with van der Waals surface area (Å²) in [6, 6.07) is 0. The van der Waals surface area contributed by atoms with Crippen molar-refractivity contribution in [2.75, 3.05) is 13.2 Å². The van der Waals surface area contributed by atoms with E-state index in [2.05, 4.69) is 12.2 Å². The molecule has 0 spiro atoms. The van der Waals surface area contributed by atoms with Gasteiger partial charge in [-0.15, -0.1) is 0 Å². The van der Waals surface area contributed by atoms with Crippen LogP contribution in [0.5, 0.6) is 0 Å². The Kier molecular flexibility index (Phi) is 7.72. The zero-order valence-corrected chi connectivity index (χ0v) is 13.2. The number of carboxylic acid groups (broad SMARTS) is 1. The first-order chi connectivity index (χ1) is 10.0. The molecule has 1 fully saturated rings. The lowest BCUT2D eigenvalue weighted by Gasteiger charge is -2.19. The molecule has 3 N–H and O–H groups in total. The number of hydrogen-bond donors (Lipinski definition) is 3. The first-order valence-electron chi connectivity index (χ1n) is 8.14. The number of rotatable bonds is 9. The molecule has 1 aliphatic rings. The van der Waals surface area contributed by atoms with Crippen LogP contribution in [0.1, 0.15) is 52.4 Å². The maximum absolute atomic E-state index is 12.3. The average Bonchev–Trinajstić information content (AvgIpc) is 2.89. The van der Waals surface area contributed by atoms with Gasteiger partial charge in [0, 0.05) is 13.2 Å². The van der Waals surface area contributed by atoms with Crippen LogP contribution >= 0.6 is 0 Å². The normalized spacial score (nSPS) is 26.5. The number of amides is 1. The Hall–Kier alpha value is -1.10. The van der Waals surface area contributed by atoms with Crippen LogP contribution < -0.4 is 5.32 Å². The fourth-order valence-electron chi connectivity index (χ4n) is 3.35. The second kappa shape index (κ2) is 9.03. The molecule has 0 aliphatic heterocycles. The maximum atomic E-state index is 12.3. The second-order valence-corrected chi connectivity index (χ2v) is 6.21. The first-order valence-corrected chi connectivity index (χ1v) is 8.14. The Morgan fingerprint density at radius 1 is 1.19 bits per heavy atom. The van der Waals surface area contributed by atoms with Gasteiger partial charge >= 0.3 is 5.97 Å². The number of carboxylic acids is 1. The predicted molar refractivity (Wildman–Crippen MR) is 80.7 cm³/mol. The lowest BCUT2D eigenvalue weighted by Crippen LogP contribution is -2.38. The summed E-state index contributed by atoms with van der Waals surface area (Å²) < 4.78 is 0. The average molecular weight is 299 g/mol. The van der Waals surface area contributed by atoms with Gasteiger partial charge in [0.05, 0.1) is 11.8 Å². The molecule has 1 amide bonds. The van der Waals surface area contributed by atoms with Crippen molar-refractivity contribution in [2.24, 2.45) is 23.7 Å². The summed E-state index contributed by atoms with van der Waals surface area (Å²) in [4.78, 5) is 23.6. The van der Waals surface area contributed by atoms with E-state index in [1.165, 1.54) is 0 Å². The fourth-order valence-corrected chi connectivity index (χ4v) is 3.35. The fraction of sp³-hybridized carbons (Fsp3) is 0.875. The third-order valence-electron chi connectivity index (χ3n) is 4.69. The second-order valence-electron chi connectivity index (χ2n) is 6.21. The third kappa shape index (κ3) is 5.30. The molecule has 0 saturated heterocycles. The minimum absolute atomic E-state index is 0.125. The number of carbonyl (C=O) groups excluding carboxylic acids is 1. The van der Waals surface area contributed by atoms with Crippen molar-refractivity contribution >= 4 is 11.9 Å². The van der Waals surface area contributed by atoms with Gasteiger partial charge in [-0.3, -0.25) is 9.59 Å². The van der Waals surface area contributed by atoms with Crippen molar-refractivity contribution in [3.8, 4) is 0 Å². The Morgan fingerprint density at radius 2 is 1.86 bits per heavy atom. The Morgan fingerprint density at radius 3 is 2.38 bits per heavy atom. The molecule has 5 heteroatoms. The van der Waals surface area contributed by atoms with Crippen LogP contribution in [0.2, 0.25) is 0 Å². The molecular weight excluding hydrogens is 270 g/mol. The maximum Gasteiger partial charge on any atom is 0.307 e. The van der Waals surface area contributed by atoms with E-state index >= 15 is 0 Å². The number of hydrogen-bond acceptors (Lipinski definition) is 3. The molecule has 2 unspecified atom stereocenters. The molecule has 0 aromatic rings. The lowest BCUT2D eigenvalue weighted by atomic mass is 9.94. The monoisotopic (exact) mass is 299 g/mol. The van der Waals surface area contributed by atoms with Crippen molar-refractivity contribution < 1.29 is 19.8 Å². The molecule has 0 heterocycles. The van der Waals surface area contributed by atoms with Gasteiger partial charge in [-0.1, -0.05) is 26.7 Å². The van der Waals surface area contributed by atoms with Crippen LogP contribution in [0.25, 0.3) is 0 Å². The summed E-state index contributed by atoms with van der Waals surface area (Å²) in [6.07, 6.45) is 4.87. The zero-order chi connectivity index (χ0) is 15.8. The number of aliphatic carboxylic acids is 1. The molecule has 0 bridgehead atoms. The quantitative estimate of drug-likeness (QED) is 0.608. The van der Waals surface area contributed by atoms with Gasteiger partial charge in [0.2, 0.25) is 5.91 Å². The minimum atomic E-state index is -0.855. The summed E-state index contributed by atoms with van der Waals surface area (Å²) in [5.74, 6) is -1.31. The van der Waals surface area contributed by atoms with Gasteiger partial charge in [-0.2, -0.15) is 0 Å². The van der Waals surface area contributed by atoms with Gasteiger partial charge in [-0.05, 0) is 37.5 Å². The van der Waals surface area contributed by atoms with Crippen LogP contribution in [0.4, 0.5) is 0 Å². The smallest absolute Gasteiger partial charge is 0.307 e. The summed E-state index contributed by atoms with van der Waals surface area (Å²) >= 11 is 0. The van der Waals surface area contributed by atoms with E-state index in [4.69, 9.17) is 5.11 Å². The van der Waals surface area contributed by atoms with E-state index in [0.29, 0.717) is 31.7 Å². The molecule has 1 rings (SSSR count). The Labute approximate surface area is 127 Å². The van der Waals surface area contributed by atoms with Gasteiger partial charge in [-0.25, -0.2) is 0 Å². The summed E-state index contributed by atoms with van der Waals surface area (Å²) in [5, 5.41) is 21.2. The van der Waals surface area contributed by atoms with E-state index in [0.717, 1.165) is 19.3 Å². The van der Waals surface area contributed by atoms with Gasteiger partial charge in [0.1, 0.15) is 0 Å². The molecule has 1 aliphatic carbocycles. The van der Waals surface area contributed by atoms with E-state index in [1.54, 1.807) is 0 Å². The van der Waals surface area contributed by atoms with Crippen molar-refractivity contribution in [2.45, 2.75) is 52.4 Å². The van der Waals surface area contributed by atoms with Crippen LogP contribution in [-0.2, 0) is 9.59 Å². The van der Waals surface area contributed by atoms with E-state index in [9.17, 15) is 14.7 Å². The number of carbonyl (C=O) groups is 2. The molecular formula is C16H29NO4. The highest BCUT2D eigenvalue weighted by atomic mass is 16.4. The molecule has 21 heavy (non-hydrogen) atoms. The van der Waals surface area contributed by atoms with E-state index in [-0.39, 0.29) is 18.4 Å². The molecule has 0 aromatic carbocycles. The van der Waals surface area contributed by atoms with E-state index in [1.807, 2.05) is 6.92 Å². The van der Waals surface area contributed by atoms with Crippen molar-refractivity contribution in [1.82, 2.24) is 5.32 Å². The van der Waals surface area contributed by atoms with Crippen LogP contribution in [0, 0.1) is 23.7 Å². The van der Waals surface area contributed by atoms with Crippen LogP contribution in [-0.4, -0.2) is 35.2 Å². The SMILES string of the molecule is CCCC(CCO)CNC(=O)[C@H]1CC(CC)C[C@H]1C(=O)O. The first kappa shape index (κ1) is 18.0. The largest absolute Gasteiger partial charge is 0.481 e. The van der Waals surface area contributed by atoms with Gasteiger partial charge in [0.25, 0.3) is 0 Å². The molecule has 0 radical (unpaired) electrons. The number of nitrogens with one attached hydrogen (secondary N) is 1. The standard InChI is InChI=1S/C16H29NO4/c1-3-5-12(6-7-18)10-17-15(19)13-8-11(4-2)9-14(13)16(20)21/h11-14,18H,3-10H2,1-2H3,(H,17,19)(H,20,21)/t11?,12?,13-,14+/m0/s1. The molecule has 122 valence electrons. The van der Waals surface area contributed by atoms with E-state index < -0.39 is 17.8 Å². The van der Waals surface area contributed by atoms with Gasteiger partial charge in [0.15, 0.2) is 0 Å². The number of aliphatic hydroxyl groups is 1. The highest BCUT2D eigenvalue weighted by Crippen LogP contribution is 2.38. The minimum Gasteiger partial charge on any atom is -0.481 e. The molecule has 4 atom stereocenters. The topological polar surface area (TPSA) is 86.6 Å². The van der Waals surface area contributed by atoms with Crippen molar-refractivity contribution in [3.05, 3.63) is 0 Å². The number of aliphatic hydroxyl groups excluding tert-OH is 1. The zero-order valence-electron chi connectivity index (χ0n) is 13.2. The predicted octanol–water partition coefficient (Wildman–Crippen LogP) is 2.04. The van der Waals surface area contributed by atoms with Crippen molar-refractivity contribution in [1.29, 1.82) is 0 Å². The van der Waals surface area contributed by atoms with Crippen LogP contribution in [0.15, 0.2) is 0 Å². The van der Waals surface area contributed by atoms with Crippen molar-refractivity contribution in [3.63, 3.8) is 0 Å². The lowest BCUT2D eigenvalue weighted by molar-refractivity contribution is -0.146. The molecule has 1 saturated carbocycles. The molecule has 0 aromatic heterocycles. The summed E-state index contributed by atoms with van der Waals surface area (Å²) in [6.45, 7) is 4.78. The van der Waals surface area contributed by atoms with Crippen LogP contribution in [0.3, 0.4) is 0 Å². The highest BCUT2D eigenvalue weighted by molar-refractivity contribution is 5.85. The summed E-state index contributed by atoms with van der Waals surface area (Å²) in [7, 11) is 0. The molecule has 5 nitrogen and oxygen atoms in total. The Bertz CT molecular complexity index is 339. The van der Waals surface area contributed by atoms with Gasteiger partial charge < -0.3 is 15.5 Å².